The molecule has 13 heavy (non-hydrogen) atoms. The summed E-state index contributed by atoms with van der Waals surface area (Å²) in [7, 11) is 2.00. The van der Waals surface area contributed by atoms with Gasteiger partial charge in [-0.25, -0.2) is 4.98 Å². The maximum Gasteiger partial charge on any atom is 0.131 e. The molecule has 0 unspecified atom stereocenters. The Morgan fingerprint density at radius 3 is 3.00 bits per heavy atom. The quantitative estimate of drug-likeness (QED) is 0.719. The van der Waals surface area contributed by atoms with Gasteiger partial charge in [-0.05, 0) is 14.0 Å². The number of ketones is 1. The van der Waals surface area contributed by atoms with Crippen LogP contribution < -0.4 is 0 Å². The second-order valence-corrected chi connectivity index (χ2v) is 3.89. The third kappa shape index (κ3) is 4.15. The molecule has 0 aliphatic heterocycles. The lowest BCUT2D eigenvalue weighted by Gasteiger charge is -2.13. The summed E-state index contributed by atoms with van der Waals surface area (Å²) in [4.78, 5) is 17.0. The van der Waals surface area contributed by atoms with Crippen molar-refractivity contribution in [2.45, 2.75) is 19.9 Å². The molecule has 0 aliphatic rings. The average Bonchev–Trinajstić information content (AvgIpc) is 2.53. The monoisotopic (exact) mass is 198 g/mol. The molecular weight excluding hydrogens is 184 g/mol. The number of thiazole rings is 1. The Kier molecular flexibility index (Phi) is 4.05. The Morgan fingerprint density at radius 2 is 2.46 bits per heavy atom. The fraction of sp³-hybridized carbons (Fsp3) is 0.556. The second kappa shape index (κ2) is 5.09. The first-order valence-corrected chi connectivity index (χ1v) is 5.18. The van der Waals surface area contributed by atoms with E-state index in [0.717, 1.165) is 18.8 Å². The first kappa shape index (κ1) is 10.3. The number of aromatic nitrogens is 1. The summed E-state index contributed by atoms with van der Waals surface area (Å²) in [5, 5.41) is 2.03. The van der Waals surface area contributed by atoms with Crippen LogP contribution in [0.25, 0.3) is 0 Å². The van der Waals surface area contributed by atoms with Gasteiger partial charge in [0.2, 0.25) is 0 Å². The first-order valence-electron chi connectivity index (χ1n) is 4.23. The summed E-state index contributed by atoms with van der Waals surface area (Å²) in [6.45, 7) is 3.26. The molecule has 0 saturated carbocycles. The van der Waals surface area contributed by atoms with Crippen molar-refractivity contribution < 1.29 is 4.79 Å². The molecule has 0 radical (unpaired) electrons. The zero-order chi connectivity index (χ0) is 9.68. The van der Waals surface area contributed by atoms with E-state index in [-0.39, 0.29) is 5.78 Å². The zero-order valence-corrected chi connectivity index (χ0v) is 8.80. The number of hydrogen-bond donors (Lipinski definition) is 0. The summed E-state index contributed by atoms with van der Waals surface area (Å²) in [5.41, 5.74) is 2.91. The molecule has 0 atom stereocenters. The van der Waals surface area contributed by atoms with Gasteiger partial charge < -0.3 is 4.90 Å². The van der Waals surface area contributed by atoms with Crippen LogP contribution in [0.4, 0.5) is 0 Å². The average molecular weight is 198 g/mol. The Morgan fingerprint density at radius 1 is 1.69 bits per heavy atom. The van der Waals surface area contributed by atoms with Crippen molar-refractivity contribution in [3.05, 3.63) is 16.6 Å². The van der Waals surface area contributed by atoms with Crippen LogP contribution in [-0.4, -0.2) is 29.3 Å². The van der Waals surface area contributed by atoms with Crippen LogP contribution in [-0.2, 0) is 11.3 Å². The number of hydrogen-bond acceptors (Lipinski definition) is 4. The molecule has 3 nitrogen and oxygen atoms in total. The number of Topliss-reactive ketones (excluding diaryl/α,β-unsaturated/α-hetero) is 1. The van der Waals surface area contributed by atoms with Gasteiger partial charge in [-0.2, -0.15) is 0 Å². The molecule has 0 bridgehead atoms. The third-order valence-electron chi connectivity index (χ3n) is 1.76. The van der Waals surface area contributed by atoms with Gasteiger partial charge in [0.25, 0.3) is 0 Å². The Balaban J connectivity index is 2.25. The van der Waals surface area contributed by atoms with Gasteiger partial charge in [0, 0.05) is 24.9 Å². The van der Waals surface area contributed by atoms with Crippen LogP contribution in [0.5, 0.6) is 0 Å². The highest BCUT2D eigenvalue weighted by Gasteiger charge is 2.02. The molecule has 0 N–H and O–H groups in total. The van der Waals surface area contributed by atoms with E-state index in [1.807, 2.05) is 17.9 Å². The Labute approximate surface area is 82.4 Å². The minimum atomic E-state index is 0.241. The van der Waals surface area contributed by atoms with Crippen LogP contribution in [0, 0.1) is 0 Å². The molecule has 0 fully saturated rings. The Hall–Kier alpha value is -0.740. The molecule has 1 rings (SSSR count). The number of rotatable bonds is 5. The van der Waals surface area contributed by atoms with Crippen LogP contribution >= 0.6 is 11.3 Å². The highest BCUT2D eigenvalue weighted by atomic mass is 32.1. The van der Waals surface area contributed by atoms with Crippen LogP contribution in [0.1, 0.15) is 19.0 Å². The van der Waals surface area contributed by atoms with Gasteiger partial charge in [-0.3, -0.25) is 4.79 Å². The van der Waals surface area contributed by atoms with Crippen molar-refractivity contribution in [1.29, 1.82) is 0 Å². The number of carbonyl (C=O) groups is 1. The van der Waals surface area contributed by atoms with Crippen molar-refractivity contribution >= 4 is 17.1 Å². The minimum absolute atomic E-state index is 0.241. The summed E-state index contributed by atoms with van der Waals surface area (Å²) in [6.07, 6.45) is 0.626. The van der Waals surface area contributed by atoms with Crippen LogP contribution in [0.15, 0.2) is 10.9 Å². The molecule has 4 heteroatoms. The summed E-state index contributed by atoms with van der Waals surface area (Å²) in [5.74, 6) is 0.241. The molecule has 0 spiro atoms. The fourth-order valence-electron chi connectivity index (χ4n) is 1.02. The van der Waals surface area contributed by atoms with Crippen molar-refractivity contribution in [3.63, 3.8) is 0 Å². The number of carbonyl (C=O) groups excluding carboxylic acids is 1. The molecule has 0 aromatic carbocycles. The SMILES string of the molecule is CC(=O)CCN(C)Cc1cscn1. The standard InChI is InChI=1S/C9H14N2OS/c1-8(12)3-4-11(2)5-9-6-13-7-10-9/h6-7H,3-5H2,1-2H3. The van der Waals surface area contributed by atoms with Gasteiger partial charge in [-0.15, -0.1) is 11.3 Å². The van der Waals surface area contributed by atoms with Crippen molar-refractivity contribution in [2.24, 2.45) is 0 Å². The third-order valence-corrected chi connectivity index (χ3v) is 2.40. The molecule has 72 valence electrons. The van der Waals surface area contributed by atoms with E-state index in [9.17, 15) is 4.79 Å². The van der Waals surface area contributed by atoms with Gasteiger partial charge >= 0.3 is 0 Å². The zero-order valence-electron chi connectivity index (χ0n) is 7.99. The highest BCUT2D eigenvalue weighted by Crippen LogP contribution is 2.04. The largest absolute Gasteiger partial charge is 0.300 e. The van der Waals surface area contributed by atoms with Crippen molar-refractivity contribution in [1.82, 2.24) is 9.88 Å². The van der Waals surface area contributed by atoms with Gasteiger partial charge in [0.05, 0.1) is 11.2 Å². The molecule has 1 aromatic rings. The van der Waals surface area contributed by atoms with E-state index < -0.39 is 0 Å². The lowest BCUT2D eigenvalue weighted by atomic mass is 10.3. The normalized spacial score (nSPS) is 10.7. The Bertz CT molecular complexity index is 259. The van der Waals surface area contributed by atoms with E-state index >= 15 is 0 Å². The van der Waals surface area contributed by atoms with E-state index in [2.05, 4.69) is 9.88 Å². The lowest BCUT2D eigenvalue weighted by molar-refractivity contribution is -0.117. The summed E-state index contributed by atoms with van der Waals surface area (Å²) in [6, 6.07) is 0. The van der Waals surface area contributed by atoms with E-state index in [1.54, 1.807) is 18.3 Å². The van der Waals surface area contributed by atoms with Crippen molar-refractivity contribution in [3.8, 4) is 0 Å². The number of nitrogens with zero attached hydrogens (tertiary/aromatic N) is 2. The second-order valence-electron chi connectivity index (χ2n) is 3.17. The summed E-state index contributed by atoms with van der Waals surface area (Å²) < 4.78 is 0. The van der Waals surface area contributed by atoms with E-state index in [1.165, 1.54) is 0 Å². The molecule has 1 heterocycles. The van der Waals surface area contributed by atoms with Crippen LogP contribution in [0.2, 0.25) is 0 Å². The fourth-order valence-corrected chi connectivity index (χ4v) is 1.57. The molecule has 0 saturated heterocycles. The van der Waals surface area contributed by atoms with Gasteiger partial charge in [0.1, 0.15) is 5.78 Å². The van der Waals surface area contributed by atoms with Crippen LogP contribution in [0.3, 0.4) is 0 Å². The van der Waals surface area contributed by atoms with E-state index in [0.29, 0.717) is 6.42 Å². The first-order chi connectivity index (χ1) is 6.18. The predicted molar refractivity (Wildman–Crippen MR) is 53.7 cm³/mol. The van der Waals surface area contributed by atoms with Gasteiger partial charge in [0.15, 0.2) is 0 Å². The molecule has 0 amide bonds. The maximum absolute atomic E-state index is 10.7. The van der Waals surface area contributed by atoms with Crippen molar-refractivity contribution in [2.75, 3.05) is 13.6 Å². The highest BCUT2D eigenvalue weighted by molar-refractivity contribution is 7.07. The van der Waals surface area contributed by atoms with E-state index in [4.69, 9.17) is 0 Å². The smallest absolute Gasteiger partial charge is 0.131 e. The minimum Gasteiger partial charge on any atom is -0.300 e. The molecule has 0 aliphatic carbocycles. The topological polar surface area (TPSA) is 33.2 Å². The van der Waals surface area contributed by atoms with Gasteiger partial charge in [-0.1, -0.05) is 0 Å². The summed E-state index contributed by atoms with van der Waals surface area (Å²) >= 11 is 1.60. The molecular formula is C9H14N2OS. The predicted octanol–water partition coefficient (Wildman–Crippen LogP) is 1.55. The maximum atomic E-state index is 10.7. The molecule has 1 aromatic heterocycles. The lowest BCUT2D eigenvalue weighted by Crippen LogP contribution is -2.20.